The van der Waals surface area contributed by atoms with Crippen molar-refractivity contribution in [1.82, 2.24) is 5.32 Å². The van der Waals surface area contributed by atoms with Gasteiger partial charge in [0.1, 0.15) is 0 Å². The summed E-state index contributed by atoms with van der Waals surface area (Å²) in [5.74, 6) is -1.97. The molecule has 2 amide bonds. The van der Waals surface area contributed by atoms with Gasteiger partial charge in [0, 0.05) is 39.2 Å². The van der Waals surface area contributed by atoms with Crippen LogP contribution >= 0.6 is 35.0 Å². The highest BCUT2D eigenvalue weighted by Gasteiger charge is 2.28. The van der Waals surface area contributed by atoms with Crippen molar-refractivity contribution < 1.29 is 14.4 Å². The third-order valence-corrected chi connectivity index (χ3v) is 8.40. The molecule has 0 aliphatic carbocycles. The highest BCUT2D eigenvalue weighted by molar-refractivity contribution is 8.03. The number of nitrogens with one attached hydrogen (secondary N) is 2. The first kappa shape index (κ1) is 31.6. The SMILES string of the molecule is Cc1c(Cl)cccc1NC(=O)CS/C(NC(=O)c1ccccc1)=C(\C#N)C(CC(=O)c1ccccc1)c1ccccc1Cl. The van der Waals surface area contributed by atoms with E-state index in [1.807, 2.05) is 6.07 Å². The van der Waals surface area contributed by atoms with E-state index in [9.17, 15) is 19.6 Å². The third-order valence-electron chi connectivity index (χ3n) is 6.63. The predicted molar refractivity (Wildman–Crippen MR) is 173 cm³/mol. The minimum absolute atomic E-state index is 0.0875. The maximum Gasteiger partial charge on any atom is 0.256 e. The molecule has 6 nitrogen and oxygen atoms in total. The van der Waals surface area contributed by atoms with E-state index in [4.69, 9.17) is 23.2 Å². The number of carbonyl (C=O) groups excluding carboxylic acids is 3. The van der Waals surface area contributed by atoms with Crippen LogP contribution in [-0.2, 0) is 4.79 Å². The molecular formula is C34H27Cl2N3O3S. The molecule has 0 heterocycles. The number of nitriles is 1. The summed E-state index contributed by atoms with van der Waals surface area (Å²) in [6.45, 7) is 1.79. The molecule has 4 aromatic carbocycles. The Labute approximate surface area is 264 Å². The summed E-state index contributed by atoms with van der Waals surface area (Å²) in [6.07, 6.45) is -0.0875. The lowest BCUT2D eigenvalue weighted by molar-refractivity contribution is -0.113. The fraction of sp³-hybridized carbons (Fsp3) is 0.118. The van der Waals surface area contributed by atoms with Crippen LogP contribution in [0.1, 0.15) is 44.2 Å². The molecule has 0 spiro atoms. The fourth-order valence-electron chi connectivity index (χ4n) is 4.35. The van der Waals surface area contributed by atoms with E-state index in [1.165, 1.54) is 0 Å². The van der Waals surface area contributed by atoms with Gasteiger partial charge in [0.25, 0.3) is 5.91 Å². The fourth-order valence-corrected chi connectivity index (χ4v) is 5.65. The first-order valence-corrected chi connectivity index (χ1v) is 15.0. The molecule has 4 rings (SSSR count). The molecule has 0 bridgehead atoms. The average Bonchev–Trinajstić information content (AvgIpc) is 3.02. The summed E-state index contributed by atoms with van der Waals surface area (Å²) in [5.41, 5.74) is 2.78. The summed E-state index contributed by atoms with van der Waals surface area (Å²) in [7, 11) is 0. The summed E-state index contributed by atoms with van der Waals surface area (Å²) < 4.78 is 0. The number of hydrogen-bond acceptors (Lipinski definition) is 5. The highest BCUT2D eigenvalue weighted by atomic mass is 35.5. The van der Waals surface area contributed by atoms with Crippen LogP contribution in [0.5, 0.6) is 0 Å². The van der Waals surface area contributed by atoms with Gasteiger partial charge >= 0.3 is 0 Å². The largest absolute Gasteiger partial charge is 0.325 e. The quantitative estimate of drug-likeness (QED) is 0.129. The zero-order valence-corrected chi connectivity index (χ0v) is 25.5. The van der Waals surface area contributed by atoms with E-state index in [0.717, 1.165) is 11.8 Å². The lowest BCUT2D eigenvalue weighted by Crippen LogP contribution is -2.26. The average molecular weight is 629 g/mol. The van der Waals surface area contributed by atoms with Crippen molar-refractivity contribution in [3.63, 3.8) is 0 Å². The van der Waals surface area contributed by atoms with Gasteiger partial charge in [-0.25, -0.2) is 0 Å². The van der Waals surface area contributed by atoms with E-state index in [-0.39, 0.29) is 34.5 Å². The molecule has 4 aromatic rings. The van der Waals surface area contributed by atoms with Gasteiger partial charge in [-0.2, -0.15) is 5.26 Å². The molecule has 0 saturated heterocycles. The Balaban J connectivity index is 1.73. The molecule has 0 fully saturated rings. The number of ketones is 1. The third kappa shape index (κ3) is 8.36. The Kier molecular flexibility index (Phi) is 11.2. The number of carbonyl (C=O) groups is 3. The topological polar surface area (TPSA) is 99.1 Å². The van der Waals surface area contributed by atoms with E-state index < -0.39 is 11.8 Å². The van der Waals surface area contributed by atoms with Gasteiger partial charge in [-0.05, 0) is 48.4 Å². The number of benzene rings is 4. The van der Waals surface area contributed by atoms with Gasteiger partial charge in [-0.1, -0.05) is 108 Å². The number of nitrogens with zero attached hydrogens (tertiary/aromatic N) is 1. The lowest BCUT2D eigenvalue weighted by Gasteiger charge is -2.21. The molecule has 43 heavy (non-hydrogen) atoms. The standard InChI is InChI=1S/C34H27Cl2N3O3S/c1-22-28(35)17-10-18-30(22)38-32(41)21-43-34(39-33(42)24-13-6-3-7-14-24)27(20-37)26(25-15-8-9-16-29(25)36)19-31(40)23-11-4-2-5-12-23/h2-18,26H,19,21H2,1H3,(H,38,41)(H,39,42)/b34-27+. The van der Waals surface area contributed by atoms with E-state index in [0.29, 0.717) is 38.0 Å². The van der Waals surface area contributed by atoms with Gasteiger partial charge in [-0.15, -0.1) is 0 Å². The van der Waals surface area contributed by atoms with E-state index in [1.54, 1.807) is 104 Å². The number of thioether (sulfide) groups is 1. The predicted octanol–water partition coefficient (Wildman–Crippen LogP) is 8.20. The normalized spacial score (nSPS) is 12.0. The maximum atomic E-state index is 13.4. The number of Topliss-reactive ketones (excluding diaryl/α,β-unsaturated/α-hetero) is 1. The van der Waals surface area contributed by atoms with Crippen molar-refractivity contribution in [2.75, 3.05) is 11.1 Å². The lowest BCUT2D eigenvalue weighted by atomic mass is 9.86. The molecule has 0 aliphatic heterocycles. The van der Waals surface area contributed by atoms with Crippen molar-refractivity contribution in [1.29, 1.82) is 5.26 Å². The van der Waals surface area contributed by atoms with Gasteiger partial charge in [0.2, 0.25) is 5.91 Å². The van der Waals surface area contributed by atoms with E-state index >= 15 is 0 Å². The van der Waals surface area contributed by atoms with E-state index in [2.05, 4.69) is 16.7 Å². The van der Waals surface area contributed by atoms with Crippen LogP contribution < -0.4 is 10.6 Å². The first-order chi connectivity index (χ1) is 20.8. The summed E-state index contributed by atoms with van der Waals surface area (Å²) in [6, 6.07) is 31.6. The van der Waals surface area contributed by atoms with Crippen LogP contribution in [0.2, 0.25) is 10.0 Å². The van der Waals surface area contributed by atoms with Crippen LogP contribution in [0.15, 0.2) is 114 Å². The number of anilines is 1. The van der Waals surface area contributed by atoms with Crippen molar-refractivity contribution >= 4 is 58.2 Å². The first-order valence-electron chi connectivity index (χ1n) is 13.3. The van der Waals surface area contributed by atoms with Gasteiger partial charge in [-0.3, -0.25) is 14.4 Å². The smallest absolute Gasteiger partial charge is 0.256 e. The van der Waals surface area contributed by atoms with Gasteiger partial charge in [0.05, 0.1) is 22.4 Å². The summed E-state index contributed by atoms with van der Waals surface area (Å²) in [4.78, 5) is 39.7. The molecule has 1 atom stereocenters. The maximum absolute atomic E-state index is 13.4. The van der Waals surface area contributed by atoms with Crippen LogP contribution in [0.4, 0.5) is 5.69 Å². The molecule has 9 heteroatoms. The van der Waals surface area contributed by atoms with Crippen LogP contribution in [0, 0.1) is 18.3 Å². The number of rotatable bonds is 11. The monoisotopic (exact) mass is 627 g/mol. The Hall–Kier alpha value is -4.35. The second kappa shape index (κ2) is 15.2. The van der Waals surface area contributed by atoms with Gasteiger partial charge < -0.3 is 10.6 Å². The minimum Gasteiger partial charge on any atom is -0.325 e. The molecule has 0 aliphatic rings. The molecule has 0 saturated carbocycles. The number of hydrogen-bond donors (Lipinski definition) is 2. The Morgan fingerprint density at radius 1 is 0.814 bits per heavy atom. The molecule has 1 unspecified atom stereocenters. The molecule has 2 N–H and O–H groups in total. The van der Waals surface area contributed by atoms with Crippen molar-refractivity contribution in [2.24, 2.45) is 0 Å². The Bertz CT molecular complexity index is 1700. The van der Waals surface area contributed by atoms with Crippen molar-refractivity contribution in [3.05, 3.63) is 146 Å². The Morgan fingerprint density at radius 3 is 2.07 bits per heavy atom. The number of allylic oxidation sites excluding steroid dienone is 1. The minimum atomic E-state index is -0.803. The Morgan fingerprint density at radius 2 is 1.42 bits per heavy atom. The summed E-state index contributed by atoms with van der Waals surface area (Å²) >= 11 is 13.8. The summed E-state index contributed by atoms with van der Waals surface area (Å²) in [5, 5.41) is 17.2. The van der Waals surface area contributed by atoms with Crippen LogP contribution in [0.25, 0.3) is 0 Å². The number of amides is 2. The van der Waals surface area contributed by atoms with Crippen LogP contribution in [0.3, 0.4) is 0 Å². The zero-order valence-electron chi connectivity index (χ0n) is 23.1. The molecule has 216 valence electrons. The molecular weight excluding hydrogens is 601 g/mol. The molecule has 0 radical (unpaired) electrons. The van der Waals surface area contributed by atoms with Crippen molar-refractivity contribution in [3.8, 4) is 6.07 Å². The number of halogens is 2. The second-order valence-corrected chi connectivity index (χ2v) is 11.3. The van der Waals surface area contributed by atoms with Crippen molar-refractivity contribution in [2.45, 2.75) is 19.3 Å². The zero-order chi connectivity index (χ0) is 30.8. The second-order valence-electron chi connectivity index (χ2n) is 9.49. The molecule has 0 aromatic heterocycles. The highest BCUT2D eigenvalue weighted by Crippen LogP contribution is 2.37. The van der Waals surface area contributed by atoms with Gasteiger partial charge in [0.15, 0.2) is 5.78 Å². The van der Waals surface area contributed by atoms with Crippen LogP contribution in [-0.4, -0.2) is 23.4 Å².